The van der Waals surface area contributed by atoms with E-state index < -0.39 is 0 Å². The number of amides is 1. The second-order valence-electron chi connectivity index (χ2n) is 5.60. The molecule has 1 heterocycles. The fourth-order valence-electron chi connectivity index (χ4n) is 2.39. The van der Waals surface area contributed by atoms with Crippen LogP contribution in [0.5, 0.6) is 0 Å². The van der Waals surface area contributed by atoms with Crippen molar-refractivity contribution < 1.29 is 13.6 Å². The van der Waals surface area contributed by atoms with Gasteiger partial charge in [0.25, 0.3) is 5.22 Å². The molecule has 0 bridgehead atoms. The summed E-state index contributed by atoms with van der Waals surface area (Å²) in [6.07, 6.45) is 1.57. The van der Waals surface area contributed by atoms with Gasteiger partial charge in [0.05, 0.1) is 11.9 Å². The number of halogens is 1. The number of benzene rings is 2. The third-order valence-corrected chi connectivity index (χ3v) is 4.53. The lowest BCUT2D eigenvalue weighted by atomic mass is 10.1. The molecule has 4 nitrogen and oxygen atoms in total. The van der Waals surface area contributed by atoms with Crippen molar-refractivity contribution in [2.75, 3.05) is 11.1 Å². The van der Waals surface area contributed by atoms with Crippen LogP contribution in [0.1, 0.15) is 11.1 Å². The molecule has 2 aromatic carbocycles. The van der Waals surface area contributed by atoms with E-state index >= 15 is 0 Å². The summed E-state index contributed by atoms with van der Waals surface area (Å²) in [5, 5.41) is 3.32. The van der Waals surface area contributed by atoms with Crippen molar-refractivity contribution in [1.82, 2.24) is 4.98 Å². The zero-order valence-corrected chi connectivity index (χ0v) is 14.7. The normalized spacial score (nSPS) is 10.7. The highest BCUT2D eigenvalue weighted by Gasteiger charge is 2.11. The van der Waals surface area contributed by atoms with Gasteiger partial charge in [0, 0.05) is 11.3 Å². The van der Waals surface area contributed by atoms with Crippen molar-refractivity contribution in [3.05, 3.63) is 65.6 Å². The van der Waals surface area contributed by atoms with Gasteiger partial charge in [-0.3, -0.25) is 4.79 Å². The van der Waals surface area contributed by atoms with E-state index in [9.17, 15) is 9.18 Å². The number of rotatable bonds is 5. The van der Waals surface area contributed by atoms with Crippen LogP contribution < -0.4 is 5.32 Å². The Hall–Kier alpha value is -2.60. The Morgan fingerprint density at radius 2 is 1.84 bits per heavy atom. The van der Waals surface area contributed by atoms with Gasteiger partial charge in [0.15, 0.2) is 5.76 Å². The number of para-hydroxylation sites is 1. The molecule has 25 heavy (non-hydrogen) atoms. The average Bonchev–Trinajstić information content (AvgIpc) is 3.06. The lowest BCUT2D eigenvalue weighted by Gasteiger charge is -2.10. The average molecular weight is 356 g/mol. The molecular weight excluding hydrogens is 339 g/mol. The van der Waals surface area contributed by atoms with Gasteiger partial charge in [-0.05, 0) is 49.2 Å². The lowest BCUT2D eigenvalue weighted by Crippen LogP contribution is -2.15. The van der Waals surface area contributed by atoms with Crippen LogP contribution in [0.2, 0.25) is 0 Å². The van der Waals surface area contributed by atoms with Crippen LogP contribution in [0.3, 0.4) is 0 Å². The Bertz CT molecular complexity index is 870. The molecule has 3 rings (SSSR count). The maximum Gasteiger partial charge on any atom is 0.256 e. The third kappa shape index (κ3) is 4.28. The van der Waals surface area contributed by atoms with Crippen molar-refractivity contribution in [1.29, 1.82) is 0 Å². The number of thioether (sulfide) groups is 1. The first-order valence-corrected chi connectivity index (χ1v) is 8.72. The molecule has 0 saturated carbocycles. The summed E-state index contributed by atoms with van der Waals surface area (Å²) in [5.41, 5.74) is 3.62. The number of aromatic nitrogens is 1. The number of aryl methyl sites for hydroxylation is 2. The number of oxazole rings is 1. The predicted octanol–water partition coefficient (Wildman–Crippen LogP) is 4.83. The van der Waals surface area contributed by atoms with E-state index in [1.807, 2.05) is 32.0 Å². The minimum absolute atomic E-state index is 0.121. The van der Waals surface area contributed by atoms with Crippen LogP contribution in [0.4, 0.5) is 10.1 Å². The monoisotopic (exact) mass is 356 g/mol. The number of carbonyl (C=O) groups excluding carboxylic acids is 1. The molecule has 0 aliphatic heterocycles. The van der Waals surface area contributed by atoms with Gasteiger partial charge < -0.3 is 9.73 Å². The van der Waals surface area contributed by atoms with Crippen molar-refractivity contribution in [2.24, 2.45) is 0 Å². The molecule has 0 spiro atoms. The molecule has 1 amide bonds. The van der Waals surface area contributed by atoms with Crippen LogP contribution in [0.25, 0.3) is 11.3 Å². The van der Waals surface area contributed by atoms with Crippen LogP contribution in [0, 0.1) is 19.7 Å². The first-order valence-electron chi connectivity index (χ1n) is 7.73. The topological polar surface area (TPSA) is 55.1 Å². The molecule has 0 atom stereocenters. The maximum absolute atomic E-state index is 13.0. The Morgan fingerprint density at radius 3 is 2.52 bits per heavy atom. The Labute approximate surface area is 149 Å². The Morgan fingerprint density at radius 1 is 1.16 bits per heavy atom. The summed E-state index contributed by atoms with van der Waals surface area (Å²) in [7, 11) is 0. The van der Waals surface area contributed by atoms with Crippen molar-refractivity contribution >= 4 is 23.4 Å². The van der Waals surface area contributed by atoms with E-state index in [4.69, 9.17) is 4.42 Å². The van der Waals surface area contributed by atoms with E-state index in [-0.39, 0.29) is 17.5 Å². The summed E-state index contributed by atoms with van der Waals surface area (Å²) in [4.78, 5) is 16.3. The summed E-state index contributed by atoms with van der Waals surface area (Å²) in [5.74, 6) is 0.305. The zero-order chi connectivity index (χ0) is 17.8. The molecule has 3 aromatic rings. The number of carbonyl (C=O) groups is 1. The second-order valence-corrected chi connectivity index (χ2v) is 6.53. The molecule has 0 aliphatic carbocycles. The van der Waals surface area contributed by atoms with Gasteiger partial charge in [0.2, 0.25) is 5.91 Å². The summed E-state index contributed by atoms with van der Waals surface area (Å²) >= 11 is 1.21. The van der Waals surface area contributed by atoms with E-state index in [1.54, 1.807) is 18.3 Å². The van der Waals surface area contributed by atoms with Gasteiger partial charge in [-0.15, -0.1) is 0 Å². The van der Waals surface area contributed by atoms with Crippen molar-refractivity contribution in [3.63, 3.8) is 0 Å². The van der Waals surface area contributed by atoms with E-state index in [0.29, 0.717) is 11.0 Å². The Kier molecular flexibility index (Phi) is 5.19. The molecule has 128 valence electrons. The molecule has 0 saturated heterocycles. The standard InChI is InChI=1S/C19H17FN2O2S/c1-12-4-3-5-13(2)18(12)22-17(23)11-25-19-21-10-16(24-19)14-6-8-15(20)9-7-14/h3-10H,11H2,1-2H3,(H,22,23). The number of nitrogens with one attached hydrogen (secondary N) is 1. The summed E-state index contributed by atoms with van der Waals surface area (Å²) in [6.45, 7) is 3.91. The zero-order valence-electron chi connectivity index (χ0n) is 13.9. The number of anilines is 1. The number of hydrogen-bond donors (Lipinski definition) is 1. The van der Waals surface area contributed by atoms with Gasteiger partial charge >= 0.3 is 0 Å². The molecular formula is C19H17FN2O2S. The first kappa shape index (κ1) is 17.2. The second kappa shape index (κ2) is 7.53. The fraction of sp³-hybridized carbons (Fsp3) is 0.158. The fourth-order valence-corrected chi connectivity index (χ4v) is 2.99. The van der Waals surface area contributed by atoms with Crippen LogP contribution in [0.15, 0.2) is 58.3 Å². The largest absolute Gasteiger partial charge is 0.431 e. The molecule has 0 aliphatic rings. The highest BCUT2D eigenvalue weighted by molar-refractivity contribution is 7.99. The first-order chi connectivity index (χ1) is 12.0. The number of nitrogens with zero attached hydrogens (tertiary/aromatic N) is 1. The lowest BCUT2D eigenvalue weighted by molar-refractivity contribution is -0.113. The van der Waals surface area contributed by atoms with Gasteiger partial charge in [-0.25, -0.2) is 9.37 Å². The molecule has 6 heteroatoms. The van der Waals surface area contributed by atoms with Crippen LogP contribution in [-0.2, 0) is 4.79 Å². The smallest absolute Gasteiger partial charge is 0.256 e. The van der Waals surface area contributed by atoms with Gasteiger partial charge in [-0.2, -0.15) is 0 Å². The molecule has 0 unspecified atom stereocenters. The predicted molar refractivity (Wildman–Crippen MR) is 97.2 cm³/mol. The Balaban J connectivity index is 1.60. The van der Waals surface area contributed by atoms with E-state index in [1.165, 1.54) is 23.9 Å². The van der Waals surface area contributed by atoms with Gasteiger partial charge in [0.1, 0.15) is 5.82 Å². The summed E-state index contributed by atoms with van der Waals surface area (Å²) < 4.78 is 18.6. The molecule has 0 fully saturated rings. The van der Waals surface area contributed by atoms with Gasteiger partial charge in [-0.1, -0.05) is 30.0 Å². The third-order valence-electron chi connectivity index (χ3n) is 3.69. The maximum atomic E-state index is 13.0. The highest BCUT2D eigenvalue weighted by atomic mass is 32.2. The molecule has 1 aromatic heterocycles. The summed E-state index contributed by atoms with van der Waals surface area (Å²) in [6, 6.07) is 11.8. The minimum Gasteiger partial charge on any atom is -0.431 e. The molecule has 1 N–H and O–H groups in total. The SMILES string of the molecule is Cc1cccc(C)c1NC(=O)CSc1ncc(-c2ccc(F)cc2)o1. The van der Waals surface area contributed by atoms with Crippen molar-refractivity contribution in [2.45, 2.75) is 19.1 Å². The van der Waals surface area contributed by atoms with E-state index in [0.717, 1.165) is 22.4 Å². The molecule has 0 radical (unpaired) electrons. The quantitative estimate of drug-likeness (QED) is 0.666. The highest BCUT2D eigenvalue weighted by Crippen LogP contribution is 2.26. The number of hydrogen-bond acceptors (Lipinski definition) is 4. The minimum atomic E-state index is -0.305. The van der Waals surface area contributed by atoms with E-state index in [2.05, 4.69) is 10.3 Å². The van der Waals surface area contributed by atoms with Crippen LogP contribution >= 0.6 is 11.8 Å². The van der Waals surface area contributed by atoms with Crippen LogP contribution in [-0.4, -0.2) is 16.6 Å². The van der Waals surface area contributed by atoms with Crippen molar-refractivity contribution in [3.8, 4) is 11.3 Å².